The second kappa shape index (κ2) is 3.58. The van der Waals surface area contributed by atoms with E-state index >= 15 is 0 Å². The Labute approximate surface area is 102 Å². The normalized spacial score (nSPS) is 16.9. The highest BCUT2D eigenvalue weighted by molar-refractivity contribution is 7.09. The lowest BCUT2D eigenvalue weighted by Crippen LogP contribution is -2.19. The predicted octanol–water partition coefficient (Wildman–Crippen LogP) is 1.61. The van der Waals surface area contributed by atoms with Gasteiger partial charge in [-0.15, -0.1) is 11.3 Å². The van der Waals surface area contributed by atoms with E-state index in [2.05, 4.69) is 17.1 Å². The third-order valence-electron chi connectivity index (χ3n) is 2.64. The number of rotatable bonds is 1. The van der Waals surface area contributed by atoms with Crippen LogP contribution < -0.4 is 9.88 Å². The monoisotopic (exact) mass is 246 g/mol. The quantitative estimate of drug-likeness (QED) is 0.755. The molecular weight excluding hydrogens is 240 g/mol. The molecule has 1 aromatic heterocycles. The van der Waals surface area contributed by atoms with Crippen LogP contribution in [0.25, 0.3) is 11.6 Å². The number of nitriles is 1. The molecule has 2 aliphatic rings. The second-order valence-corrected chi connectivity index (χ2v) is 5.22. The molecule has 0 bridgehead atoms. The number of fused-ring (bicyclic) bond motifs is 2. The lowest BCUT2D eigenvalue weighted by Gasteiger charge is -2.07. The Morgan fingerprint density at radius 3 is 3.19 bits per heavy atom. The molecule has 0 unspecified atom stereocenters. The summed E-state index contributed by atoms with van der Waals surface area (Å²) in [7, 11) is 0. The van der Waals surface area contributed by atoms with Gasteiger partial charge in [-0.3, -0.25) is 0 Å². The Hall–Kier alpha value is -1.37. The van der Waals surface area contributed by atoms with E-state index in [0.717, 1.165) is 26.3 Å². The zero-order chi connectivity index (χ0) is 11.1. The number of allylic oxidation sites excluding steroid dienone is 4. The fraction of sp³-hybridized carbons (Fsp3) is 0.167. The van der Waals surface area contributed by atoms with Crippen molar-refractivity contribution in [1.82, 2.24) is 4.98 Å². The summed E-state index contributed by atoms with van der Waals surface area (Å²) < 4.78 is 1.16. The summed E-state index contributed by atoms with van der Waals surface area (Å²) in [6, 6.07) is 2.13. The van der Waals surface area contributed by atoms with E-state index in [1.807, 2.05) is 12.2 Å². The van der Waals surface area contributed by atoms with Gasteiger partial charge in [0, 0.05) is 5.03 Å². The first-order valence-corrected chi connectivity index (χ1v) is 6.12. The molecule has 78 valence electrons. The van der Waals surface area contributed by atoms with Gasteiger partial charge >= 0.3 is 0 Å². The molecule has 2 nitrogen and oxygen atoms in total. The summed E-state index contributed by atoms with van der Waals surface area (Å²) >= 11 is 7.56. The Morgan fingerprint density at radius 2 is 2.38 bits per heavy atom. The van der Waals surface area contributed by atoms with Gasteiger partial charge in [-0.2, -0.15) is 5.26 Å². The van der Waals surface area contributed by atoms with Gasteiger partial charge in [0.2, 0.25) is 0 Å². The lowest BCUT2D eigenvalue weighted by molar-refractivity contribution is 1.14. The second-order valence-electron chi connectivity index (χ2n) is 3.67. The highest BCUT2D eigenvalue weighted by Gasteiger charge is 2.17. The largest absolute Gasteiger partial charge is 0.240 e. The molecule has 3 rings (SSSR count). The molecule has 0 aromatic carbocycles. The number of hydrogen-bond donors (Lipinski definition) is 0. The highest BCUT2D eigenvalue weighted by Crippen LogP contribution is 2.28. The molecule has 0 amide bonds. The van der Waals surface area contributed by atoms with E-state index in [-0.39, 0.29) is 0 Å². The zero-order valence-corrected chi connectivity index (χ0v) is 9.90. The van der Waals surface area contributed by atoms with Crippen molar-refractivity contribution in [1.29, 1.82) is 5.26 Å². The molecule has 0 spiro atoms. The van der Waals surface area contributed by atoms with Gasteiger partial charge in [0.15, 0.2) is 0 Å². The van der Waals surface area contributed by atoms with Crippen molar-refractivity contribution < 1.29 is 0 Å². The van der Waals surface area contributed by atoms with Gasteiger partial charge < -0.3 is 0 Å². The van der Waals surface area contributed by atoms with E-state index in [4.69, 9.17) is 16.9 Å². The predicted molar refractivity (Wildman–Crippen MR) is 65.2 cm³/mol. The molecule has 0 atom stereocenters. The topological polar surface area (TPSA) is 36.7 Å². The first kappa shape index (κ1) is 9.83. The van der Waals surface area contributed by atoms with Crippen LogP contribution in [0.5, 0.6) is 0 Å². The van der Waals surface area contributed by atoms with Crippen molar-refractivity contribution in [3.8, 4) is 6.07 Å². The van der Waals surface area contributed by atoms with Crippen molar-refractivity contribution in [2.24, 2.45) is 0 Å². The van der Waals surface area contributed by atoms with Gasteiger partial charge in [-0.1, -0.05) is 17.7 Å². The van der Waals surface area contributed by atoms with E-state index in [1.165, 1.54) is 11.1 Å². The summed E-state index contributed by atoms with van der Waals surface area (Å²) in [5.74, 6) is 0. The van der Waals surface area contributed by atoms with Crippen molar-refractivity contribution in [3.05, 3.63) is 37.6 Å². The average molecular weight is 247 g/mol. The smallest absolute Gasteiger partial charge is 0.108 e. The molecule has 4 heteroatoms. The minimum Gasteiger partial charge on any atom is -0.240 e. The molecule has 0 fully saturated rings. The number of thiazole rings is 1. The molecule has 0 radical (unpaired) electrons. The lowest BCUT2D eigenvalue weighted by atomic mass is 10.0. The van der Waals surface area contributed by atoms with Crippen molar-refractivity contribution in [2.75, 3.05) is 0 Å². The Balaban J connectivity index is 2.18. The summed E-state index contributed by atoms with van der Waals surface area (Å²) in [6.45, 7) is 0. The maximum atomic E-state index is 8.64. The molecule has 0 saturated carbocycles. The molecule has 0 N–H and O–H groups in total. The molecule has 2 aliphatic carbocycles. The van der Waals surface area contributed by atoms with Crippen molar-refractivity contribution in [3.63, 3.8) is 0 Å². The molecular formula is C12H7ClN2S. The minimum atomic E-state index is 0.397. The van der Waals surface area contributed by atoms with Crippen LogP contribution >= 0.6 is 22.9 Å². The van der Waals surface area contributed by atoms with Gasteiger partial charge in [0.05, 0.1) is 22.4 Å². The van der Waals surface area contributed by atoms with Gasteiger partial charge in [0.1, 0.15) is 5.01 Å². The molecule has 1 heterocycles. The van der Waals surface area contributed by atoms with E-state index in [1.54, 1.807) is 11.3 Å². The standard InChI is InChI=1S/C12H7ClN2S/c13-8-1-2-9-7(5-8)6-10-12(9)15-11(16-10)3-4-14/h1,5-6H,2-3H2. The van der Waals surface area contributed by atoms with Gasteiger partial charge in [-0.05, 0) is 29.7 Å². The van der Waals surface area contributed by atoms with Crippen LogP contribution in [0, 0.1) is 11.3 Å². The van der Waals surface area contributed by atoms with E-state index in [9.17, 15) is 0 Å². The van der Waals surface area contributed by atoms with Gasteiger partial charge in [0.25, 0.3) is 0 Å². The van der Waals surface area contributed by atoms with E-state index < -0.39 is 0 Å². The van der Waals surface area contributed by atoms with Crippen LogP contribution in [0.3, 0.4) is 0 Å². The van der Waals surface area contributed by atoms with Crippen molar-refractivity contribution in [2.45, 2.75) is 12.8 Å². The molecule has 16 heavy (non-hydrogen) atoms. The summed E-state index contributed by atoms with van der Waals surface area (Å²) in [6.07, 6.45) is 7.31. The van der Waals surface area contributed by atoms with Crippen LogP contribution in [0.15, 0.2) is 22.8 Å². The molecule has 0 saturated heterocycles. The van der Waals surface area contributed by atoms with Crippen LogP contribution in [0.2, 0.25) is 0 Å². The van der Waals surface area contributed by atoms with Crippen molar-refractivity contribution >= 4 is 34.6 Å². The average Bonchev–Trinajstić information content (AvgIpc) is 2.74. The fourth-order valence-corrected chi connectivity index (χ4v) is 3.12. The third-order valence-corrected chi connectivity index (χ3v) is 3.91. The molecule has 0 aliphatic heterocycles. The van der Waals surface area contributed by atoms with Crippen LogP contribution in [0.1, 0.15) is 11.4 Å². The Bertz CT molecular complexity index is 686. The Kier molecular flexibility index (Phi) is 2.20. The maximum absolute atomic E-state index is 8.64. The SMILES string of the molecule is N#CCc1nc2c(s1)=CC1=CC(Cl)=CCC=21. The van der Waals surface area contributed by atoms with Crippen LogP contribution in [-0.2, 0) is 6.42 Å². The highest BCUT2D eigenvalue weighted by atomic mass is 35.5. The summed E-state index contributed by atoms with van der Waals surface area (Å²) in [4.78, 5) is 4.50. The number of nitrogens with zero attached hydrogens (tertiary/aromatic N) is 2. The zero-order valence-electron chi connectivity index (χ0n) is 8.33. The Morgan fingerprint density at radius 1 is 1.50 bits per heavy atom. The maximum Gasteiger partial charge on any atom is 0.108 e. The van der Waals surface area contributed by atoms with E-state index in [0.29, 0.717) is 6.42 Å². The first-order chi connectivity index (χ1) is 7.78. The first-order valence-electron chi connectivity index (χ1n) is 4.93. The minimum absolute atomic E-state index is 0.397. The number of halogens is 1. The van der Waals surface area contributed by atoms with Crippen LogP contribution in [0.4, 0.5) is 0 Å². The summed E-state index contributed by atoms with van der Waals surface area (Å²) in [5.41, 5.74) is 2.41. The van der Waals surface area contributed by atoms with Crippen LogP contribution in [-0.4, -0.2) is 4.98 Å². The fourth-order valence-electron chi connectivity index (χ4n) is 1.95. The summed E-state index contributed by atoms with van der Waals surface area (Å²) in [5, 5.41) is 11.4. The third kappa shape index (κ3) is 1.42. The number of hydrogen-bond acceptors (Lipinski definition) is 3. The van der Waals surface area contributed by atoms with Gasteiger partial charge in [-0.25, -0.2) is 4.98 Å². The molecule has 1 aromatic rings. The number of aromatic nitrogens is 1.